The quantitative estimate of drug-likeness (QED) is 0.761. The van der Waals surface area contributed by atoms with Crippen molar-refractivity contribution in [2.24, 2.45) is 5.92 Å². The van der Waals surface area contributed by atoms with Crippen LogP contribution in [0.15, 0.2) is 12.3 Å². The van der Waals surface area contributed by atoms with Gasteiger partial charge in [-0.25, -0.2) is 4.98 Å². The van der Waals surface area contributed by atoms with E-state index in [0.717, 1.165) is 43.3 Å². The topological polar surface area (TPSA) is 70.4 Å². The van der Waals surface area contributed by atoms with Crippen LogP contribution in [0, 0.1) is 17.2 Å². The van der Waals surface area contributed by atoms with Gasteiger partial charge in [-0.05, 0) is 65.5 Å². The lowest BCUT2D eigenvalue weighted by Gasteiger charge is -2.51. The van der Waals surface area contributed by atoms with Crippen molar-refractivity contribution in [3.05, 3.63) is 17.8 Å². The van der Waals surface area contributed by atoms with Crippen molar-refractivity contribution in [1.29, 1.82) is 5.26 Å². The number of anilines is 1. The van der Waals surface area contributed by atoms with E-state index in [-0.39, 0.29) is 5.54 Å². The molecule has 0 spiro atoms. The van der Waals surface area contributed by atoms with Crippen LogP contribution in [0.25, 0.3) is 0 Å². The average molecular weight is 382 g/mol. The number of nitrogens with one attached hydrogen (secondary N) is 1. The Balaban J connectivity index is 1.47. The van der Waals surface area contributed by atoms with Crippen LogP contribution in [0.3, 0.4) is 0 Å². The van der Waals surface area contributed by atoms with E-state index >= 15 is 0 Å². The maximum absolute atomic E-state index is 9.72. The van der Waals surface area contributed by atoms with Gasteiger partial charge in [0.05, 0.1) is 22.3 Å². The Kier molecular flexibility index (Phi) is 4.73. The second-order valence-corrected chi connectivity index (χ2v) is 9.65. The zero-order valence-electron chi connectivity index (χ0n) is 17.7. The molecule has 0 bridgehead atoms. The van der Waals surface area contributed by atoms with Gasteiger partial charge in [0.1, 0.15) is 11.9 Å². The molecule has 0 amide bonds. The minimum Gasteiger partial charge on any atom is -0.399 e. The number of hydrogen-bond donors (Lipinski definition) is 1. The first-order valence-corrected chi connectivity index (χ1v) is 10.4. The van der Waals surface area contributed by atoms with Crippen LogP contribution >= 0.6 is 0 Å². The summed E-state index contributed by atoms with van der Waals surface area (Å²) in [5.41, 5.74) is 0.719. The summed E-state index contributed by atoms with van der Waals surface area (Å²) in [5, 5.41) is 13.5. The summed E-state index contributed by atoms with van der Waals surface area (Å²) >= 11 is 0. The Bertz CT molecular complexity index is 778. The van der Waals surface area contributed by atoms with Gasteiger partial charge in [0.2, 0.25) is 0 Å². The van der Waals surface area contributed by atoms with Gasteiger partial charge in [-0.3, -0.25) is 0 Å². The van der Waals surface area contributed by atoms with Crippen LogP contribution < -0.4 is 15.7 Å². The van der Waals surface area contributed by atoms with Gasteiger partial charge in [0.25, 0.3) is 0 Å². The van der Waals surface area contributed by atoms with E-state index in [4.69, 9.17) is 9.31 Å². The Hall–Kier alpha value is -1.62. The summed E-state index contributed by atoms with van der Waals surface area (Å²) < 4.78 is 12.2. The van der Waals surface area contributed by atoms with Crippen LogP contribution in [0.2, 0.25) is 0 Å². The smallest absolute Gasteiger partial charge is 0.399 e. The average Bonchev–Trinajstić information content (AvgIpc) is 3.40. The lowest BCUT2D eigenvalue weighted by Crippen LogP contribution is -2.69. The Labute approximate surface area is 168 Å². The molecule has 0 atom stereocenters. The van der Waals surface area contributed by atoms with Gasteiger partial charge >= 0.3 is 7.12 Å². The highest BCUT2D eigenvalue weighted by molar-refractivity contribution is 6.62. The molecular formula is C21H31BN4O2. The molecule has 28 heavy (non-hydrogen) atoms. The van der Waals surface area contributed by atoms with Crippen molar-refractivity contribution < 1.29 is 9.31 Å². The maximum Gasteiger partial charge on any atom is 0.496 e. The van der Waals surface area contributed by atoms with E-state index < -0.39 is 18.3 Å². The first kappa shape index (κ1) is 19.7. The van der Waals surface area contributed by atoms with Gasteiger partial charge in [-0.15, -0.1) is 0 Å². The molecule has 0 aromatic carbocycles. The van der Waals surface area contributed by atoms with Crippen molar-refractivity contribution in [2.75, 3.05) is 24.5 Å². The Morgan fingerprint density at radius 1 is 1.25 bits per heavy atom. The molecule has 1 aromatic rings. The molecule has 7 heteroatoms. The van der Waals surface area contributed by atoms with Gasteiger partial charge < -0.3 is 19.5 Å². The highest BCUT2D eigenvalue weighted by Gasteiger charge is 2.52. The Morgan fingerprint density at radius 2 is 1.89 bits per heavy atom. The molecule has 6 nitrogen and oxygen atoms in total. The minimum atomic E-state index is -0.495. The van der Waals surface area contributed by atoms with E-state index in [1.165, 1.54) is 12.8 Å². The van der Waals surface area contributed by atoms with Gasteiger partial charge in [0.15, 0.2) is 0 Å². The van der Waals surface area contributed by atoms with Crippen LogP contribution in [0.1, 0.15) is 59.4 Å². The van der Waals surface area contributed by atoms with Crippen LogP contribution in [-0.4, -0.2) is 48.5 Å². The van der Waals surface area contributed by atoms with Crippen molar-refractivity contribution in [2.45, 2.75) is 70.6 Å². The fraction of sp³-hybridized carbons (Fsp3) is 0.714. The van der Waals surface area contributed by atoms with Gasteiger partial charge in [0, 0.05) is 24.7 Å². The predicted molar refractivity (Wildman–Crippen MR) is 111 cm³/mol. The molecule has 3 fully saturated rings. The highest BCUT2D eigenvalue weighted by Crippen LogP contribution is 2.37. The molecule has 0 unspecified atom stereocenters. The zero-order chi connectivity index (χ0) is 20.2. The number of aromatic nitrogens is 1. The third-order valence-corrected chi connectivity index (χ3v) is 6.96. The van der Waals surface area contributed by atoms with E-state index in [0.29, 0.717) is 5.56 Å². The fourth-order valence-corrected chi connectivity index (χ4v) is 3.89. The molecule has 0 radical (unpaired) electrons. The number of nitrogens with zero attached hydrogens (tertiary/aromatic N) is 3. The van der Waals surface area contributed by atoms with Crippen molar-refractivity contribution in [3.8, 4) is 6.07 Å². The van der Waals surface area contributed by atoms with Gasteiger partial charge in [-0.1, -0.05) is 6.92 Å². The molecule has 3 aliphatic rings. The molecule has 4 rings (SSSR count). The molecule has 2 saturated heterocycles. The lowest BCUT2D eigenvalue weighted by atomic mass is 9.79. The molecule has 2 aliphatic heterocycles. The maximum atomic E-state index is 9.72. The van der Waals surface area contributed by atoms with E-state index in [9.17, 15) is 5.26 Å². The molecule has 3 heterocycles. The van der Waals surface area contributed by atoms with Crippen molar-refractivity contribution >= 4 is 18.4 Å². The number of hydrogen-bond acceptors (Lipinski definition) is 6. The van der Waals surface area contributed by atoms with Crippen molar-refractivity contribution in [1.82, 2.24) is 10.3 Å². The van der Waals surface area contributed by atoms with E-state index in [1.54, 1.807) is 6.20 Å². The summed E-state index contributed by atoms with van der Waals surface area (Å²) in [6.07, 6.45) is 5.60. The minimum absolute atomic E-state index is 0.154. The van der Waals surface area contributed by atoms with Crippen LogP contribution in [-0.2, 0) is 9.31 Å². The van der Waals surface area contributed by atoms with E-state index in [2.05, 4.69) is 28.2 Å². The normalized spacial score (nSPS) is 24.7. The number of rotatable bonds is 6. The monoisotopic (exact) mass is 382 g/mol. The predicted octanol–water partition coefficient (Wildman–Crippen LogP) is 2.22. The first-order chi connectivity index (χ1) is 13.2. The van der Waals surface area contributed by atoms with Crippen LogP contribution in [0.4, 0.5) is 5.82 Å². The molecule has 1 N–H and O–H groups in total. The standard InChI is InChI=1S/C21H31BN4O2/c1-6-21(25-11-15-7-8-15)13-26(14-21)18-16(10-23)9-17(12-24-18)22-27-19(2,3)20(4,5)28-22/h9,12,15,25H,6-8,11,13-14H2,1-5H3. The third kappa shape index (κ3) is 3.43. The molecule has 1 aromatic heterocycles. The molecule has 1 saturated carbocycles. The largest absolute Gasteiger partial charge is 0.496 e. The summed E-state index contributed by atoms with van der Waals surface area (Å²) in [5.74, 6) is 1.63. The Morgan fingerprint density at radius 3 is 2.43 bits per heavy atom. The van der Waals surface area contributed by atoms with Crippen molar-refractivity contribution in [3.63, 3.8) is 0 Å². The second-order valence-electron chi connectivity index (χ2n) is 9.65. The van der Waals surface area contributed by atoms with Crippen LogP contribution in [0.5, 0.6) is 0 Å². The van der Waals surface area contributed by atoms with E-state index in [1.807, 2.05) is 33.8 Å². The lowest BCUT2D eigenvalue weighted by molar-refractivity contribution is 0.00578. The van der Waals surface area contributed by atoms with Gasteiger partial charge in [-0.2, -0.15) is 5.26 Å². The highest BCUT2D eigenvalue weighted by atomic mass is 16.7. The zero-order valence-corrected chi connectivity index (χ0v) is 17.7. The fourth-order valence-electron chi connectivity index (χ4n) is 3.89. The summed E-state index contributed by atoms with van der Waals surface area (Å²) in [6, 6.07) is 4.19. The summed E-state index contributed by atoms with van der Waals surface area (Å²) in [6.45, 7) is 13.2. The summed E-state index contributed by atoms with van der Waals surface area (Å²) in [7, 11) is -0.495. The molecule has 1 aliphatic carbocycles. The molecule has 150 valence electrons. The number of pyridine rings is 1. The first-order valence-electron chi connectivity index (χ1n) is 10.4. The second kappa shape index (κ2) is 6.72. The number of nitriles is 1. The third-order valence-electron chi connectivity index (χ3n) is 6.96. The summed E-state index contributed by atoms with van der Waals surface area (Å²) in [4.78, 5) is 6.84. The SMILES string of the molecule is CCC1(NCC2CC2)CN(c2ncc(B3OC(C)(C)C(C)(C)O3)cc2C#N)C1. The molecular weight excluding hydrogens is 351 g/mol.